The molecular weight excluding hydrogens is 238 g/mol. The van der Waals surface area contributed by atoms with Crippen LogP contribution in [0.4, 0.5) is 10.8 Å². The maximum absolute atomic E-state index is 9.72. The first-order valence-corrected chi connectivity index (χ1v) is 6.54. The van der Waals surface area contributed by atoms with Gasteiger partial charge in [-0.05, 0) is 30.3 Å². The average molecular weight is 257 g/mol. The summed E-state index contributed by atoms with van der Waals surface area (Å²) in [6.45, 7) is 0.882. The van der Waals surface area contributed by atoms with Crippen molar-refractivity contribution in [3.05, 3.63) is 5.56 Å². The van der Waals surface area contributed by atoms with Crippen LogP contribution in [0.2, 0.25) is 0 Å². The van der Waals surface area contributed by atoms with Gasteiger partial charge in [0.05, 0.1) is 12.7 Å². The Bertz CT molecular complexity index is 379. The monoisotopic (exact) mass is 257 g/mol. The fourth-order valence-electron chi connectivity index (χ4n) is 1.98. The standard InChI is InChI=1S/C11H19N3O2S/c1-14(5-8(15)6-16-2)11-9(7-3-4-7)10(12)13-17-11/h7-8,15H,3-6H2,1-2H3,(H2,12,13). The summed E-state index contributed by atoms with van der Waals surface area (Å²) in [6, 6.07) is 0. The zero-order valence-corrected chi connectivity index (χ0v) is 11.0. The lowest BCUT2D eigenvalue weighted by Gasteiger charge is -2.21. The summed E-state index contributed by atoms with van der Waals surface area (Å²) in [5, 5.41) is 10.8. The third-order valence-electron chi connectivity index (χ3n) is 2.91. The lowest BCUT2D eigenvalue weighted by molar-refractivity contribution is 0.0695. The first-order chi connectivity index (χ1) is 8.13. The molecule has 2 rings (SSSR count). The van der Waals surface area contributed by atoms with Crippen molar-refractivity contribution in [2.75, 3.05) is 37.9 Å². The van der Waals surface area contributed by atoms with Crippen LogP contribution in [0.1, 0.15) is 24.3 Å². The molecule has 1 fully saturated rings. The molecule has 1 aliphatic carbocycles. The molecule has 96 valence electrons. The highest BCUT2D eigenvalue weighted by Gasteiger charge is 2.31. The van der Waals surface area contributed by atoms with E-state index in [2.05, 4.69) is 4.37 Å². The van der Waals surface area contributed by atoms with E-state index in [1.165, 1.54) is 29.9 Å². The number of rotatable bonds is 6. The van der Waals surface area contributed by atoms with Gasteiger partial charge in [-0.25, -0.2) is 0 Å². The number of nitrogens with two attached hydrogens (primary N) is 1. The number of aromatic nitrogens is 1. The van der Waals surface area contributed by atoms with Gasteiger partial charge in [-0.15, -0.1) is 0 Å². The van der Waals surface area contributed by atoms with E-state index in [9.17, 15) is 5.11 Å². The second-order valence-electron chi connectivity index (χ2n) is 4.55. The number of hydrogen-bond acceptors (Lipinski definition) is 6. The molecule has 0 radical (unpaired) electrons. The minimum Gasteiger partial charge on any atom is -0.389 e. The Hall–Kier alpha value is -0.850. The highest BCUT2D eigenvalue weighted by molar-refractivity contribution is 7.10. The fourth-order valence-corrected chi connectivity index (χ4v) is 2.84. The van der Waals surface area contributed by atoms with E-state index in [1.807, 2.05) is 11.9 Å². The van der Waals surface area contributed by atoms with Crippen molar-refractivity contribution >= 4 is 22.4 Å². The molecule has 1 unspecified atom stereocenters. The van der Waals surface area contributed by atoms with Crippen LogP contribution in [0.15, 0.2) is 0 Å². The molecule has 1 saturated carbocycles. The molecule has 1 aromatic rings. The van der Waals surface area contributed by atoms with E-state index < -0.39 is 6.10 Å². The van der Waals surface area contributed by atoms with Gasteiger partial charge in [0.25, 0.3) is 0 Å². The summed E-state index contributed by atoms with van der Waals surface area (Å²) >= 11 is 1.41. The van der Waals surface area contributed by atoms with Gasteiger partial charge in [-0.2, -0.15) is 4.37 Å². The van der Waals surface area contributed by atoms with Crippen LogP contribution in [0.3, 0.4) is 0 Å². The quantitative estimate of drug-likeness (QED) is 0.797. The van der Waals surface area contributed by atoms with E-state index in [4.69, 9.17) is 10.5 Å². The van der Waals surface area contributed by atoms with Crippen LogP contribution in [-0.2, 0) is 4.74 Å². The maximum Gasteiger partial charge on any atom is 0.142 e. The third-order valence-corrected chi connectivity index (χ3v) is 3.91. The third kappa shape index (κ3) is 2.88. The zero-order chi connectivity index (χ0) is 12.4. The van der Waals surface area contributed by atoms with E-state index in [1.54, 1.807) is 7.11 Å². The fraction of sp³-hybridized carbons (Fsp3) is 0.727. The molecule has 1 atom stereocenters. The molecule has 0 spiro atoms. The minimum atomic E-state index is -0.486. The topological polar surface area (TPSA) is 71.6 Å². The molecule has 1 aromatic heterocycles. The number of methoxy groups -OCH3 is 1. The van der Waals surface area contributed by atoms with Crippen molar-refractivity contribution in [1.82, 2.24) is 4.37 Å². The molecule has 5 nitrogen and oxygen atoms in total. The summed E-state index contributed by atoms with van der Waals surface area (Å²) in [5.74, 6) is 1.23. The largest absolute Gasteiger partial charge is 0.389 e. The van der Waals surface area contributed by atoms with Crippen molar-refractivity contribution in [1.29, 1.82) is 0 Å². The molecule has 17 heavy (non-hydrogen) atoms. The van der Waals surface area contributed by atoms with Gasteiger partial charge in [0.1, 0.15) is 10.8 Å². The number of ether oxygens (including phenoxy) is 1. The molecule has 0 saturated heterocycles. The summed E-state index contributed by atoms with van der Waals surface area (Å²) < 4.78 is 9.14. The summed E-state index contributed by atoms with van der Waals surface area (Å²) in [6.07, 6.45) is 1.91. The Morgan fingerprint density at radius 2 is 2.35 bits per heavy atom. The van der Waals surface area contributed by atoms with Crippen LogP contribution in [0, 0.1) is 0 Å². The highest BCUT2D eigenvalue weighted by Crippen LogP contribution is 2.48. The number of hydrogen-bond donors (Lipinski definition) is 2. The van der Waals surface area contributed by atoms with Crippen LogP contribution < -0.4 is 10.6 Å². The second-order valence-corrected chi connectivity index (χ2v) is 5.30. The van der Waals surface area contributed by atoms with Crippen molar-refractivity contribution in [3.63, 3.8) is 0 Å². The molecule has 0 bridgehead atoms. The molecule has 3 N–H and O–H groups in total. The molecule has 0 aromatic carbocycles. The predicted octanol–water partition coefficient (Wildman–Crippen LogP) is 1.05. The Kier molecular flexibility index (Phi) is 3.86. The van der Waals surface area contributed by atoms with Crippen molar-refractivity contribution in [2.45, 2.75) is 24.9 Å². The summed E-state index contributed by atoms with van der Waals surface area (Å²) in [4.78, 5) is 2.02. The molecule has 6 heteroatoms. The Labute approximate surface area is 105 Å². The molecule has 0 aliphatic heterocycles. The number of nitrogen functional groups attached to an aromatic ring is 1. The molecule has 1 heterocycles. The van der Waals surface area contributed by atoms with Crippen LogP contribution in [0.5, 0.6) is 0 Å². The predicted molar refractivity (Wildman–Crippen MR) is 69.7 cm³/mol. The Morgan fingerprint density at radius 1 is 1.65 bits per heavy atom. The highest BCUT2D eigenvalue weighted by atomic mass is 32.1. The first-order valence-electron chi connectivity index (χ1n) is 5.76. The SMILES string of the molecule is COCC(O)CN(C)c1snc(N)c1C1CC1. The van der Waals surface area contributed by atoms with Crippen LogP contribution >= 0.6 is 11.5 Å². The van der Waals surface area contributed by atoms with Gasteiger partial charge in [0.15, 0.2) is 0 Å². The summed E-state index contributed by atoms with van der Waals surface area (Å²) in [5.41, 5.74) is 7.06. The number of nitrogens with zero attached hydrogens (tertiary/aromatic N) is 2. The normalized spacial score (nSPS) is 17.1. The molecule has 1 aliphatic rings. The Morgan fingerprint density at radius 3 is 2.94 bits per heavy atom. The van der Waals surface area contributed by atoms with Crippen LogP contribution in [0.25, 0.3) is 0 Å². The second kappa shape index (κ2) is 5.20. The van der Waals surface area contributed by atoms with Gasteiger partial charge in [0, 0.05) is 26.3 Å². The average Bonchev–Trinajstić information content (AvgIpc) is 3.02. The van der Waals surface area contributed by atoms with E-state index >= 15 is 0 Å². The molecule has 0 amide bonds. The Balaban J connectivity index is 2.05. The van der Waals surface area contributed by atoms with E-state index in [0.717, 1.165) is 5.00 Å². The van der Waals surface area contributed by atoms with E-state index in [-0.39, 0.29) is 0 Å². The molecular formula is C11H19N3O2S. The number of likely N-dealkylation sites (N-methyl/N-ethyl adjacent to an activating group) is 1. The lowest BCUT2D eigenvalue weighted by Crippen LogP contribution is -2.31. The first kappa shape index (κ1) is 12.6. The van der Waals surface area contributed by atoms with Gasteiger partial charge < -0.3 is 20.5 Å². The van der Waals surface area contributed by atoms with Crippen molar-refractivity contribution in [3.8, 4) is 0 Å². The van der Waals surface area contributed by atoms with E-state index in [0.29, 0.717) is 24.9 Å². The van der Waals surface area contributed by atoms with Crippen molar-refractivity contribution in [2.24, 2.45) is 0 Å². The zero-order valence-electron chi connectivity index (χ0n) is 10.2. The van der Waals surface area contributed by atoms with Gasteiger partial charge in [-0.3, -0.25) is 0 Å². The van der Waals surface area contributed by atoms with Crippen LogP contribution in [-0.4, -0.2) is 42.9 Å². The number of anilines is 2. The van der Waals surface area contributed by atoms with Gasteiger partial charge in [0.2, 0.25) is 0 Å². The smallest absolute Gasteiger partial charge is 0.142 e. The lowest BCUT2D eigenvalue weighted by atomic mass is 10.2. The number of aliphatic hydroxyl groups is 1. The minimum absolute atomic E-state index is 0.345. The summed E-state index contributed by atoms with van der Waals surface area (Å²) in [7, 11) is 3.54. The maximum atomic E-state index is 9.72. The van der Waals surface area contributed by atoms with Gasteiger partial charge in [-0.1, -0.05) is 0 Å². The van der Waals surface area contributed by atoms with Gasteiger partial charge >= 0.3 is 0 Å². The van der Waals surface area contributed by atoms with Crippen molar-refractivity contribution < 1.29 is 9.84 Å². The number of aliphatic hydroxyl groups excluding tert-OH is 1.